The van der Waals surface area contributed by atoms with Crippen molar-refractivity contribution in [3.63, 3.8) is 0 Å². The van der Waals surface area contributed by atoms with Crippen LogP contribution in [0, 0.1) is 0 Å². The van der Waals surface area contributed by atoms with Crippen LogP contribution < -0.4 is 20.7 Å². The Kier molecular flexibility index (Phi) is 8.97. The Morgan fingerprint density at radius 3 is 2.03 bits per heavy atom. The molecular weight excluding hydrogens is 450 g/mol. The number of ether oxygens (including phenoxy) is 2. The molecule has 0 unspecified atom stereocenters. The quantitative estimate of drug-likeness (QED) is 0.303. The van der Waals surface area contributed by atoms with E-state index in [2.05, 4.69) is 16.0 Å². The highest BCUT2D eigenvalue weighted by Crippen LogP contribution is 2.29. The summed E-state index contributed by atoms with van der Waals surface area (Å²) >= 11 is 0. The number of hydrogen-bond acceptors (Lipinski definition) is 7. The van der Waals surface area contributed by atoms with Crippen molar-refractivity contribution in [1.29, 1.82) is 0 Å². The van der Waals surface area contributed by atoms with Crippen molar-refractivity contribution in [2.75, 3.05) is 27.4 Å². The number of aliphatic hydroxyl groups excluding tert-OH is 1. The van der Waals surface area contributed by atoms with Crippen LogP contribution in [0.25, 0.3) is 0 Å². The van der Waals surface area contributed by atoms with Crippen LogP contribution in [0.5, 0.6) is 5.75 Å². The van der Waals surface area contributed by atoms with Crippen molar-refractivity contribution >= 4 is 17.6 Å². The number of Topliss-reactive ketones (excluding diaryl/α,β-unsaturated/α-hetero) is 1. The van der Waals surface area contributed by atoms with Gasteiger partial charge in [0.05, 0.1) is 26.4 Å². The van der Waals surface area contributed by atoms with Crippen molar-refractivity contribution in [1.82, 2.24) is 16.0 Å². The monoisotopic (exact) mass is 483 g/mol. The first-order valence-electron chi connectivity index (χ1n) is 11.5. The van der Waals surface area contributed by atoms with Crippen LogP contribution in [-0.4, -0.2) is 73.8 Å². The molecule has 9 nitrogen and oxygen atoms in total. The highest BCUT2D eigenvalue weighted by atomic mass is 16.6. The molecule has 0 radical (unpaired) electrons. The summed E-state index contributed by atoms with van der Waals surface area (Å²) in [6.45, 7) is 1.58. The number of aliphatic hydroxyl groups is 1. The molecule has 4 atom stereocenters. The number of nitrogens with one attached hydrogen (secondary N) is 3. The highest BCUT2D eigenvalue weighted by molar-refractivity contribution is 5.98. The minimum atomic E-state index is -0.975. The molecule has 0 bridgehead atoms. The third-order valence-electron chi connectivity index (χ3n) is 6.09. The molecule has 2 amide bonds. The highest BCUT2D eigenvalue weighted by Gasteiger charge is 2.50. The normalized spacial score (nSPS) is 19.2. The van der Waals surface area contributed by atoms with Gasteiger partial charge in [-0.15, -0.1) is 0 Å². The molecule has 9 heteroatoms. The van der Waals surface area contributed by atoms with Gasteiger partial charge in [0, 0.05) is 6.42 Å². The van der Waals surface area contributed by atoms with Gasteiger partial charge >= 0.3 is 0 Å². The lowest BCUT2D eigenvalue weighted by molar-refractivity contribution is -0.133. The number of carbonyl (C=O) groups excluding carboxylic acids is 3. The Bertz CT molecular complexity index is 1000. The summed E-state index contributed by atoms with van der Waals surface area (Å²) in [6.07, 6.45) is 0.479. The second-order valence-corrected chi connectivity index (χ2v) is 8.77. The minimum Gasteiger partial charge on any atom is -0.497 e. The molecule has 4 N–H and O–H groups in total. The van der Waals surface area contributed by atoms with Crippen LogP contribution in [0.2, 0.25) is 0 Å². The van der Waals surface area contributed by atoms with Crippen molar-refractivity contribution in [2.45, 2.75) is 43.5 Å². The molecule has 0 spiro atoms. The van der Waals surface area contributed by atoms with E-state index < -0.39 is 42.1 Å². The first-order chi connectivity index (χ1) is 16.8. The molecule has 188 valence electrons. The Balaban J connectivity index is 1.81. The topological polar surface area (TPSA) is 129 Å². The zero-order valence-corrected chi connectivity index (χ0v) is 20.2. The Morgan fingerprint density at radius 2 is 1.49 bits per heavy atom. The van der Waals surface area contributed by atoms with Crippen molar-refractivity contribution in [2.24, 2.45) is 0 Å². The van der Waals surface area contributed by atoms with E-state index in [4.69, 9.17) is 9.47 Å². The second kappa shape index (κ2) is 11.9. The van der Waals surface area contributed by atoms with Crippen molar-refractivity contribution in [3.05, 3.63) is 65.7 Å². The summed E-state index contributed by atoms with van der Waals surface area (Å²) in [5.41, 5.74) is 0.761. The fourth-order valence-corrected chi connectivity index (χ4v) is 3.73. The van der Waals surface area contributed by atoms with Gasteiger partial charge in [0.1, 0.15) is 23.4 Å². The number of hydrogen-bond donors (Lipinski definition) is 4. The maximum Gasteiger partial charge on any atom is 0.243 e. The smallest absolute Gasteiger partial charge is 0.243 e. The van der Waals surface area contributed by atoms with Crippen LogP contribution in [0.1, 0.15) is 18.1 Å². The average molecular weight is 484 g/mol. The zero-order valence-electron chi connectivity index (χ0n) is 20.2. The lowest BCUT2D eigenvalue weighted by Gasteiger charge is -2.25. The molecule has 0 aromatic heterocycles. The molecule has 1 saturated heterocycles. The molecule has 2 aromatic carbocycles. The van der Waals surface area contributed by atoms with E-state index in [1.165, 1.54) is 0 Å². The van der Waals surface area contributed by atoms with Crippen molar-refractivity contribution < 1.29 is 29.0 Å². The number of likely N-dealkylation sites (N-methyl/N-ethyl adjacent to an activating group) is 1. The van der Waals surface area contributed by atoms with Gasteiger partial charge in [0.15, 0.2) is 5.78 Å². The van der Waals surface area contributed by atoms with Gasteiger partial charge < -0.3 is 30.5 Å². The van der Waals surface area contributed by atoms with Gasteiger partial charge in [-0.1, -0.05) is 42.5 Å². The minimum absolute atomic E-state index is 0.184. The second-order valence-electron chi connectivity index (χ2n) is 8.77. The van der Waals surface area contributed by atoms with Gasteiger partial charge in [0.2, 0.25) is 11.8 Å². The number of methoxy groups -OCH3 is 1. The van der Waals surface area contributed by atoms with Crippen LogP contribution in [0.3, 0.4) is 0 Å². The molecule has 1 aliphatic rings. The first-order valence-corrected chi connectivity index (χ1v) is 11.5. The fourth-order valence-electron chi connectivity index (χ4n) is 3.73. The fraction of sp³-hybridized carbons (Fsp3) is 0.423. The van der Waals surface area contributed by atoms with E-state index in [0.29, 0.717) is 18.8 Å². The molecule has 1 heterocycles. The van der Waals surface area contributed by atoms with E-state index >= 15 is 0 Å². The van der Waals surface area contributed by atoms with Gasteiger partial charge in [-0.3, -0.25) is 14.4 Å². The number of amides is 2. The molecule has 2 aromatic rings. The van der Waals surface area contributed by atoms with Gasteiger partial charge in [0.25, 0.3) is 0 Å². The number of ketones is 1. The number of rotatable bonds is 13. The summed E-state index contributed by atoms with van der Waals surface area (Å²) in [6, 6.07) is 13.9. The van der Waals surface area contributed by atoms with Crippen LogP contribution in [0.4, 0.5) is 0 Å². The van der Waals surface area contributed by atoms with Gasteiger partial charge in [-0.2, -0.15) is 0 Å². The molecule has 35 heavy (non-hydrogen) atoms. The maximum atomic E-state index is 13.4. The Morgan fingerprint density at radius 1 is 0.943 bits per heavy atom. The van der Waals surface area contributed by atoms with E-state index in [1.54, 1.807) is 45.3 Å². The number of carbonyl (C=O) groups is 3. The van der Waals surface area contributed by atoms with Crippen LogP contribution >= 0.6 is 0 Å². The summed E-state index contributed by atoms with van der Waals surface area (Å²) in [5.74, 6) is -0.569. The van der Waals surface area contributed by atoms with E-state index in [-0.39, 0.29) is 12.2 Å². The van der Waals surface area contributed by atoms with E-state index in [0.717, 1.165) is 11.1 Å². The predicted octanol–water partition coefficient (Wildman–Crippen LogP) is 0.388. The van der Waals surface area contributed by atoms with Crippen LogP contribution in [-0.2, 0) is 32.0 Å². The standard InChI is InChI=1S/C26H33N3O6/c1-26(16-35-26)23(31)20(13-17-7-5-4-6-8-17)28-24(32)21(29-25(33)22(15-30)27-2)14-18-9-11-19(34-3)12-10-18/h4-12,20-22,27,30H,13-16H2,1-3H3,(H,28,32)(H,29,33)/t20-,21-,22-,26+/m0/s1. The molecule has 1 aliphatic heterocycles. The summed E-state index contributed by atoms with van der Waals surface area (Å²) in [7, 11) is 3.11. The third kappa shape index (κ3) is 7.11. The SMILES string of the molecule is CN[C@@H](CO)C(=O)N[C@@H](Cc1ccc(OC)cc1)C(=O)N[C@@H](Cc1ccccc1)C(=O)[C@@]1(C)CO1. The molecule has 1 fully saturated rings. The number of epoxide rings is 1. The molecule has 0 saturated carbocycles. The third-order valence-corrected chi connectivity index (χ3v) is 6.09. The van der Waals surface area contributed by atoms with E-state index in [1.807, 2.05) is 30.3 Å². The lowest BCUT2D eigenvalue weighted by atomic mass is 9.94. The largest absolute Gasteiger partial charge is 0.497 e. The molecule has 0 aliphatic carbocycles. The lowest BCUT2D eigenvalue weighted by Crippen LogP contribution is -2.57. The van der Waals surface area contributed by atoms with Gasteiger partial charge in [-0.05, 0) is 43.7 Å². The van der Waals surface area contributed by atoms with Crippen molar-refractivity contribution in [3.8, 4) is 5.75 Å². The Labute approximate surface area is 205 Å². The summed E-state index contributed by atoms with van der Waals surface area (Å²) in [5, 5.41) is 17.7. The summed E-state index contributed by atoms with van der Waals surface area (Å²) in [4.78, 5) is 39.3. The predicted molar refractivity (Wildman–Crippen MR) is 130 cm³/mol. The molecular formula is C26H33N3O6. The average Bonchev–Trinajstić information content (AvgIpc) is 3.63. The summed E-state index contributed by atoms with van der Waals surface area (Å²) < 4.78 is 10.5. The number of benzene rings is 2. The first kappa shape index (κ1) is 26.3. The van der Waals surface area contributed by atoms with Crippen LogP contribution in [0.15, 0.2) is 54.6 Å². The van der Waals surface area contributed by atoms with E-state index in [9.17, 15) is 19.5 Å². The molecule has 3 rings (SSSR count). The van der Waals surface area contributed by atoms with Gasteiger partial charge in [-0.25, -0.2) is 0 Å². The maximum absolute atomic E-state index is 13.4. The Hall–Kier alpha value is -3.27. The zero-order chi connectivity index (χ0) is 25.4.